The number of benzene rings is 1. The van der Waals surface area contributed by atoms with Crippen LogP contribution in [0.15, 0.2) is 36.5 Å². The number of piperidine rings is 1. The van der Waals surface area contributed by atoms with Crippen LogP contribution in [-0.4, -0.2) is 72.0 Å². The monoisotopic (exact) mass is 482 g/mol. The molecule has 9 nitrogen and oxygen atoms in total. The van der Waals surface area contributed by atoms with Crippen LogP contribution in [0.25, 0.3) is 0 Å². The van der Waals surface area contributed by atoms with Crippen molar-refractivity contribution in [3.05, 3.63) is 53.2 Å². The topological polar surface area (TPSA) is 124 Å². The molecule has 2 aliphatic rings. The summed E-state index contributed by atoms with van der Waals surface area (Å²) in [5, 5.41) is 24.1. The Hall–Kier alpha value is -3.17. The number of aromatic nitrogens is 1. The molecule has 188 valence electrons. The van der Waals surface area contributed by atoms with E-state index >= 15 is 0 Å². The number of fused-ring (bicyclic) bond motifs is 1. The molecular weight excluding hydrogens is 448 g/mol. The van der Waals surface area contributed by atoms with Crippen LogP contribution in [0.2, 0.25) is 0 Å². The summed E-state index contributed by atoms with van der Waals surface area (Å²) < 4.78 is 5.36. The van der Waals surface area contributed by atoms with Gasteiger partial charge in [-0.25, -0.2) is 4.98 Å². The Bertz CT molecular complexity index is 1040. The molecule has 1 aliphatic carbocycles. The second-order valence-electron chi connectivity index (χ2n) is 9.39. The fourth-order valence-corrected chi connectivity index (χ4v) is 5.30. The lowest BCUT2D eigenvalue weighted by molar-refractivity contribution is 0.0801. The number of pyridine rings is 1. The molecule has 1 aromatic heterocycles. The fourth-order valence-electron chi connectivity index (χ4n) is 5.30. The van der Waals surface area contributed by atoms with Crippen molar-refractivity contribution in [1.29, 1.82) is 0 Å². The number of hydrogen-bond acceptors (Lipinski definition) is 7. The Morgan fingerprint density at radius 1 is 1.23 bits per heavy atom. The van der Waals surface area contributed by atoms with Gasteiger partial charge in [0.2, 0.25) is 0 Å². The molecule has 4 atom stereocenters. The van der Waals surface area contributed by atoms with Crippen molar-refractivity contribution in [1.82, 2.24) is 15.6 Å². The molecule has 2 amide bonds. The van der Waals surface area contributed by atoms with Gasteiger partial charge in [-0.1, -0.05) is 6.07 Å². The number of carbonyl (C=O) groups is 2. The average Bonchev–Trinajstić information content (AvgIpc) is 3.29. The number of ether oxygens (including phenoxy) is 1. The van der Waals surface area contributed by atoms with Gasteiger partial charge in [0.1, 0.15) is 11.6 Å². The Morgan fingerprint density at radius 2 is 2.06 bits per heavy atom. The van der Waals surface area contributed by atoms with E-state index in [1.165, 1.54) is 0 Å². The van der Waals surface area contributed by atoms with Crippen LogP contribution in [-0.2, 0) is 0 Å². The van der Waals surface area contributed by atoms with Gasteiger partial charge in [-0.15, -0.1) is 0 Å². The molecule has 2 heterocycles. The third-order valence-electron chi connectivity index (χ3n) is 7.13. The average molecular weight is 483 g/mol. The van der Waals surface area contributed by atoms with Gasteiger partial charge in [-0.3, -0.25) is 9.59 Å². The molecule has 4 unspecified atom stereocenters. The minimum Gasteiger partial charge on any atom is -0.496 e. The first-order valence-electron chi connectivity index (χ1n) is 12.2. The van der Waals surface area contributed by atoms with Crippen molar-refractivity contribution < 1.29 is 24.5 Å². The Kier molecular flexibility index (Phi) is 7.87. The molecule has 4 rings (SSSR count). The minimum atomic E-state index is -0.986. The maximum atomic E-state index is 13.0. The summed E-state index contributed by atoms with van der Waals surface area (Å²) in [5.41, 5.74) is 1.87. The van der Waals surface area contributed by atoms with Gasteiger partial charge in [0.25, 0.3) is 11.8 Å². The van der Waals surface area contributed by atoms with E-state index in [2.05, 4.69) is 20.5 Å². The predicted octanol–water partition coefficient (Wildman–Crippen LogP) is 1.66. The van der Waals surface area contributed by atoms with Crippen LogP contribution in [0.4, 0.5) is 5.82 Å². The Labute approximate surface area is 205 Å². The molecule has 1 saturated heterocycles. The summed E-state index contributed by atoms with van der Waals surface area (Å²) in [6, 6.07) is 9.47. The summed E-state index contributed by atoms with van der Waals surface area (Å²) in [4.78, 5) is 32.1. The van der Waals surface area contributed by atoms with Gasteiger partial charge in [0.15, 0.2) is 0 Å². The molecular formula is C26H34N4O5. The molecule has 0 radical (unpaired) electrons. The molecule has 4 N–H and O–H groups in total. The van der Waals surface area contributed by atoms with Crippen LogP contribution in [0.3, 0.4) is 0 Å². The number of amides is 2. The minimum absolute atomic E-state index is 0.0185. The maximum Gasteiger partial charge on any atom is 0.252 e. The lowest BCUT2D eigenvalue weighted by Crippen LogP contribution is -2.43. The van der Waals surface area contributed by atoms with E-state index in [9.17, 15) is 14.7 Å². The van der Waals surface area contributed by atoms with Crippen LogP contribution in [0.1, 0.15) is 52.0 Å². The smallest absolute Gasteiger partial charge is 0.252 e. The number of aliphatic hydroxyl groups excluding tert-OH is 2. The third kappa shape index (κ3) is 5.57. The van der Waals surface area contributed by atoms with E-state index in [0.717, 1.165) is 43.6 Å². The second kappa shape index (κ2) is 11.0. The summed E-state index contributed by atoms with van der Waals surface area (Å²) in [6.07, 6.45) is 4.52. The van der Waals surface area contributed by atoms with Gasteiger partial charge in [-0.05, 0) is 62.8 Å². The van der Waals surface area contributed by atoms with Crippen LogP contribution in [0.5, 0.6) is 5.75 Å². The van der Waals surface area contributed by atoms with E-state index in [0.29, 0.717) is 22.8 Å². The van der Waals surface area contributed by atoms with Crippen molar-refractivity contribution in [2.24, 2.45) is 5.92 Å². The predicted molar refractivity (Wildman–Crippen MR) is 132 cm³/mol. The summed E-state index contributed by atoms with van der Waals surface area (Å²) in [6.45, 7) is 2.36. The highest BCUT2D eigenvalue weighted by Crippen LogP contribution is 2.39. The Morgan fingerprint density at radius 3 is 2.77 bits per heavy atom. The van der Waals surface area contributed by atoms with Crippen LogP contribution < -0.4 is 20.3 Å². The number of methoxy groups -OCH3 is 1. The van der Waals surface area contributed by atoms with Gasteiger partial charge >= 0.3 is 0 Å². The van der Waals surface area contributed by atoms with Crippen molar-refractivity contribution in [3.63, 3.8) is 0 Å². The number of carbonyl (C=O) groups excluding carboxylic acids is 2. The number of rotatable bonds is 8. The number of nitrogens with one attached hydrogen (secondary N) is 2. The zero-order chi connectivity index (χ0) is 24.9. The number of hydrogen-bond donors (Lipinski definition) is 4. The third-order valence-corrected chi connectivity index (χ3v) is 7.13. The number of nitrogens with zero attached hydrogens (tertiary/aromatic N) is 2. The summed E-state index contributed by atoms with van der Waals surface area (Å²) in [5.74, 6) is 1.59. The molecule has 35 heavy (non-hydrogen) atoms. The SMILES string of the molecule is COc1cccc(C(=O)NC2CC3CCCN(c4ccc(C(=O)NCC(O)CO)cn4)C3C2)c1C. The van der Waals surface area contributed by atoms with Crippen molar-refractivity contribution in [2.45, 2.75) is 50.8 Å². The highest BCUT2D eigenvalue weighted by Gasteiger charge is 2.41. The van der Waals surface area contributed by atoms with E-state index in [4.69, 9.17) is 9.84 Å². The summed E-state index contributed by atoms with van der Waals surface area (Å²) >= 11 is 0. The first-order chi connectivity index (χ1) is 16.9. The molecule has 2 fully saturated rings. The number of anilines is 1. The van der Waals surface area contributed by atoms with E-state index in [1.807, 2.05) is 31.2 Å². The molecule has 0 spiro atoms. The Balaban J connectivity index is 1.40. The normalized spacial score (nSPS) is 22.3. The highest BCUT2D eigenvalue weighted by atomic mass is 16.5. The van der Waals surface area contributed by atoms with Gasteiger partial charge in [0.05, 0.1) is 25.4 Å². The van der Waals surface area contributed by atoms with Crippen molar-refractivity contribution in [2.75, 3.05) is 31.7 Å². The second-order valence-corrected chi connectivity index (χ2v) is 9.39. The molecule has 1 aliphatic heterocycles. The van der Waals surface area contributed by atoms with Crippen LogP contribution >= 0.6 is 0 Å². The lowest BCUT2D eigenvalue weighted by atomic mass is 9.92. The summed E-state index contributed by atoms with van der Waals surface area (Å²) in [7, 11) is 1.61. The highest BCUT2D eigenvalue weighted by molar-refractivity contribution is 5.96. The molecule has 0 bridgehead atoms. The quantitative estimate of drug-likeness (QED) is 0.451. The fraction of sp³-hybridized carbons (Fsp3) is 0.500. The zero-order valence-electron chi connectivity index (χ0n) is 20.2. The van der Waals surface area contributed by atoms with Gasteiger partial charge in [-0.2, -0.15) is 0 Å². The van der Waals surface area contributed by atoms with Crippen molar-refractivity contribution in [3.8, 4) is 5.75 Å². The van der Waals surface area contributed by atoms with E-state index in [1.54, 1.807) is 19.4 Å². The first-order valence-corrected chi connectivity index (χ1v) is 12.2. The standard InChI is InChI=1S/C26H34N4O5/c1-16-21(6-3-7-23(16)35-2)26(34)29-19-11-17-5-4-10-30(22(17)12-19)24-9-8-18(13-27-24)25(33)28-14-20(32)15-31/h3,6-9,13,17,19-20,22,31-32H,4-5,10-12,14-15H2,1-2H3,(H,28,33)(H,29,34). The molecule has 9 heteroatoms. The molecule has 2 aromatic rings. The first kappa shape index (κ1) is 24.9. The number of aliphatic hydroxyl groups is 2. The van der Waals surface area contributed by atoms with E-state index in [-0.39, 0.29) is 30.4 Å². The molecule has 1 saturated carbocycles. The van der Waals surface area contributed by atoms with Crippen LogP contribution in [0, 0.1) is 12.8 Å². The van der Waals surface area contributed by atoms with Gasteiger partial charge in [0, 0.05) is 42.5 Å². The van der Waals surface area contributed by atoms with Gasteiger partial charge < -0.3 is 30.5 Å². The largest absolute Gasteiger partial charge is 0.496 e. The lowest BCUT2D eigenvalue weighted by Gasteiger charge is -2.38. The van der Waals surface area contributed by atoms with E-state index < -0.39 is 12.7 Å². The molecule has 1 aromatic carbocycles. The van der Waals surface area contributed by atoms with Crippen molar-refractivity contribution >= 4 is 17.6 Å². The maximum absolute atomic E-state index is 13.0. The zero-order valence-corrected chi connectivity index (χ0v) is 20.2.